The van der Waals surface area contributed by atoms with Gasteiger partial charge in [0.2, 0.25) is 0 Å². The van der Waals surface area contributed by atoms with Crippen molar-refractivity contribution in [3.63, 3.8) is 0 Å². The second kappa shape index (κ2) is 7.18. The van der Waals surface area contributed by atoms with Crippen molar-refractivity contribution in [3.05, 3.63) is 65.1 Å². The lowest BCUT2D eigenvalue weighted by atomic mass is 9.94. The van der Waals surface area contributed by atoms with Crippen LogP contribution in [0.3, 0.4) is 0 Å². The van der Waals surface area contributed by atoms with Crippen molar-refractivity contribution < 1.29 is 9.90 Å². The largest absolute Gasteiger partial charge is 0.387 e. The van der Waals surface area contributed by atoms with Gasteiger partial charge in [-0.2, -0.15) is 0 Å². The van der Waals surface area contributed by atoms with E-state index in [1.165, 1.54) is 0 Å². The molecule has 30 heavy (non-hydrogen) atoms. The molecule has 7 nitrogen and oxygen atoms in total. The molecule has 1 amide bonds. The van der Waals surface area contributed by atoms with Crippen LogP contribution in [0.5, 0.6) is 0 Å². The van der Waals surface area contributed by atoms with Gasteiger partial charge in [-0.3, -0.25) is 4.79 Å². The normalized spacial score (nSPS) is 20.0. The van der Waals surface area contributed by atoms with E-state index in [9.17, 15) is 9.90 Å². The van der Waals surface area contributed by atoms with Crippen LogP contribution in [0, 0.1) is 6.92 Å². The van der Waals surface area contributed by atoms with Crippen LogP contribution in [0.1, 0.15) is 34.3 Å². The molecule has 0 saturated heterocycles. The Balaban J connectivity index is 1.41. The van der Waals surface area contributed by atoms with E-state index in [0.29, 0.717) is 18.2 Å². The monoisotopic (exact) mass is 403 g/mol. The maximum atomic E-state index is 12.3. The number of hydrogen-bond acceptors (Lipinski definition) is 6. The number of benzene rings is 1. The smallest absolute Gasteiger partial charge is 0.254 e. The second-order valence-electron chi connectivity index (χ2n) is 7.99. The first kappa shape index (κ1) is 18.7. The number of nitrogens with one attached hydrogen (secondary N) is 3. The number of aliphatic hydroxyl groups excluding tert-OH is 1. The molecule has 1 aromatic heterocycles. The molecular weight excluding hydrogens is 378 g/mol. The van der Waals surface area contributed by atoms with Crippen molar-refractivity contribution in [2.24, 2.45) is 0 Å². The van der Waals surface area contributed by atoms with E-state index < -0.39 is 6.23 Å². The molecular formula is C23H25N5O2. The fraction of sp³-hybridized carbons (Fsp3) is 0.304. The molecule has 7 heteroatoms. The number of nitrogens with zero attached hydrogens (tertiary/aromatic N) is 2. The average molecular weight is 403 g/mol. The minimum Gasteiger partial charge on any atom is -0.387 e. The topological polar surface area (TPSA) is 89.5 Å². The first-order valence-electron chi connectivity index (χ1n) is 10.3. The second-order valence-corrected chi connectivity index (χ2v) is 7.99. The standard InChI is InChI=1S/C23H25N5O2/c1-13-9-20(27-14-7-8-28(15-3-4-15)21(29)10-14)25-11-17(13)16-5-6-19(24-2)22-18(16)12-26-23(22)30/h5-11,15,21,24,29H,3-4,12H2,1-2H3,(H,25,27)(H,26,30). The summed E-state index contributed by atoms with van der Waals surface area (Å²) in [6.45, 7) is 2.56. The first-order valence-corrected chi connectivity index (χ1v) is 10.3. The fourth-order valence-electron chi connectivity index (χ4n) is 4.21. The summed E-state index contributed by atoms with van der Waals surface area (Å²) in [6.07, 6.45) is 9.24. The Labute approximate surface area is 175 Å². The van der Waals surface area contributed by atoms with Gasteiger partial charge in [-0.05, 0) is 60.7 Å². The number of fused-ring (bicyclic) bond motifs is 1. The Morgan fingerprint density at radius 1 is 1.27 bits per heavy atom. The maximum absolute atomic E-state index is 12.3. The van der Waals surface area contributed by atoms with Crippen molar-refractivity contribution in [2.45, 2.75) is 38.6 Å². The number of allylic oxidation sites excluding steroid dienone is 1. The van der Waals surface area contributed by atoms with Gasteiger partial charge in [0, 0.05) is 49.0 Å². The number of carbonyl (C=O) groups is 1. The van der Waals surface area contributed by atoms with Gasteiger partial charge in [-0.15, -0.1) is 0 Å². The number of pyridine rings is 1. The number of hydrogen-bond donors (Lipinski definition) is 4. The van der Waals surface area contributed by atoms with Gasteiger partial charge in [0.1, 0.15) is 12.0 Å². The Morgan fingerprint density at radius 3 is 2.80 bits per heavy atom. The average Bonchev–Trinajstić information content (AvgIpc) is 3.50. The molecule has 3 aliphatic rings. The Morgan fingerprint density at radius 2 is 2.10 bits per heavy atom. The van der Waals surface area contributed by atoms with Crippen molar-refractivity contribution in [1.82, 2.24) is 15.2 Å². The molecule has 1 atom stereocenters. The van der Waals surface area contributed by atoms with Crippen LogP contribution in [0.2, 0.25) is 0 Å². The Hall–Kier alpha value is -3.32. The zero-order valence-electron chi connectivity index (χ0n) is 17.1. The molecule has 3 heterocycles. The Kier molecular flexibility index (Phi) is 4.47. The summed E-state index contributed by atoms with van der Waals surface area (Å²) in [5.41, 5.74) is 6.46. The van der Waals surface area contributed by atoms with Gasteiger partial charge in [-0.25, -0.2) is 4.98 Å². The van der Waals surface area contributed by atoms with Crippen LogP contribution >= 0.6 is 0 Å². The third-order valence-electron chi connectivity index (χ3n) is 5.94. The minimum absolute atomic E-state index is 0.0464. The molecule has 1 aromatic carbocycles. The molecule has 4 N–H and O–H groups in total. The quantitative estimate of drug-likeness (QED) is 0.614. The lowest BCUT2D eigenvalue weighted by Crippen LogP contribution is -2.33. The van der Waals surface area contributed by atoms with E-state index >= 15 is 0 Å². The van der Waals surface area contributed by atoms with E-state index in [0.717, 1.165) is 52.3 Å². The van der Waals surface area contributed by atoms with Crippen LogP contribution in [-0.2, 0) is 6.54 Å². The molecule has 0 radical (unpaired) electrons. The number of anilines is 2. The van der Waals surface area contributed by atoms with Gasteiger partial charge in [0.25, 0.3) is 5.91 Å². The molecule has 1 aliphatic carbocycles. The highest BCUT2D eigenvalue weighted by Gasteiger charge is 2.31. The summed E-state index contributed by atoms with van der Waals surface area (Å²) in [7, 11) is 1.82. The molecule has 0 bridgehead atoms. The molecule has 2 aliphatic heterocycles. The lowest BCUT2D eigenvalue weighted by Gasteiger charge is -2.28. The fourth-order valence-corrected chi connectivity index (χ4v) is 4.21. The SMILES string of the molecule is CNc1ccc(-c2cnc(NC3=CC(O)N(C4CC4)C=C3)cc2C)c2c1C(=O)NC2. The molecule has 2 aromatic rings. The van der Waals surface area contributed by atoms with Crippen molar-refractivity contribution in [3.8, 4) is 11.1 Å². The Bertz CT molecular complexity index is 1090. The predicted octanol–water partition coefficient (Wildman–Crippen LogP) is 2.95. The highest BCUT2D eigenvalue weighted by Crippen LogP contribution is 2.36. The van der Waals surface area contributed by atoms with Crippen molar-refractivity contribution >= 4 is 17.4 Å². The summed E-state index contributed by atoms with van der Waals surface area (Å²) in [6, 6.07) is 6.44. The predicted molar refractivity (Wildman–Crippen MR) is 117 cm³/mol. The number of aliphatic hydroxyl groups is 1. The minimum atomic E-state index is -0.608. The first-order chi connectivity index (χ1) is 14.5. The summed E-state index contributed by atoms with van der Waals surface area (Å²) in [5.74, 6) is 0.673. The summed E-state index contributed by atoms with van der Waals surface area (Å²) < 4.78 is 0. The van der Waals surface area contributed by atoms with Gasteiger partial charge in [0.05, 0.1) is 5.56 Å². The van der Waals surface area contributed by atoms with Crippen LogP contribution in [0.25, 0.3) is 11.1 Å². The molecule has 5 rings (SSSR count). The zero-order chi connectivity index (χ0) is 20.8. The van der Waals surface area contributed by atoms with E-state index in [-0.39, 0.29) is 5.91 Å². The molecule has 154 valence electrons. The number of carbonyl (C=O) groups excluding carboxylic acids is 1. The highest BCUT2D eigenvalue weighted by atomic mass is 16.3. The number of aromatic nitrogens is 1. The third kappa shape index (κ3) is 3.21. The van der Waals surface area contributed by atoms with E-state index in [2.05, 4.69) is 20.9 Å². The van der Waals surface area contributed by atoms with E-state index in [1.807, 2.05) is 61.6 Å². The molecule has 1 saturated carbocycles. The summed E-state index contributed by atoms with van der Waals surface area (Å²) >= 11 is 0. The highest BCUT2D eigenvalue weighted by molar-refractivity contribution is 6.05. The van der Waals surface area contributed by atoms with Gasteiger partial charge in [0.15, 0.2) is 0 Å². The summed E-state index contributed by atoms with van der Waals surface area (Å²) in [5, 5.41) is 19.6. The van der Waals surface area contributed by atoms with Gasteiger partial charge >= 0.3 is 0 Å². The summed E-state index contributed by atoms with van der Waals surface area (Å²) in [4.78, 5) is 18.8. The molecule has 0 spiro atoms. The number of amides is 1. The van der Waals surface area contributed by atoms with Crippen LogP contribution < -0.4 is 16.0 Å². The van der Waals surface area contributed by atoms with E-state index in [4.69, 9.17) is 0 Å². The van der Waals surface area contributed by atoms with E-state index in [1.54, 1.807) is 0 Å². The van der Waals surface area contributed by atoms with Crippen molar-refractivity contribution in [2.75, 3.05) is 17.7 Å². The lowest BCUT2D eigenvalue weighted by molar-refractivity contribution is 0.0712. The maximum Gasteiger partial charge on any atom is 0.254 e. The van der Waals surface area contributed by atoms with Crippen molar-refractivity contribution in [1.29, 1.82) is 0 Å². The van der Waals surface area contributed by atoms with Crippen LogP contribution in [-0.4, -0.2) is 40.2 Å². The number of aryl methyl sites for hydroxylation is 1. The van der Waals surface area contributed by atoms with Crippen LogP contribution in [0.15, 0.2) is 48.4 Å². The molecule has 1 unspecified atom stereocenters. The third-order valence-corrected chi connectivity index (χ3v) is 5.94. The van der Waals surface area contributed by atoms with Gasteiger partial charge < -0.3 is 26.0 Å². The number of rotatable bonds is 5. The van der Waals surface area contributed by atoms with Gasteiger partial charge in [-0.1, -0.05) is 6.07 Å². The zero-order valence-corrected chi connectivity index (χ0v) is 17.1. The molecule has 1 fully saturated rings. The van der Waals surface area contributed by atoms with Crippen LogP contribution in [0.4, 0.5) is 11.5 Å².